The summed E-state index contributed by atoms with van der Waals surface area (Å²) in [6, 6.07) is 0.468. The molecule has 2 fully saturated rings. The molecular formula is C13H26N2O. The number of rotatable bonds is 5. The Balaban J connectivity index is 1.87. The Morgan fingerprint density at radius 2 is 2.06 bits per heavy atom. The van der Waals surface area contributed by atoms with Crippen LogP contribution in [0.25, 0.3) is 0 Å². The zero-order chi connectivity index (χ0) is 11.4. The van der Waals surface area contributed by atoms with E-state index in [0.717, 1.165) is 18.9 Å². The normalized spacial score (nSPS) is 33.4. The molecule has 3 nitrogen and oxygen atoms in total. The van der Waals surface area contributed by atoms with Crippen molar-refractivity contribution in [3.63, 3.8) is 0 Å². The van der Waals surface area contributed by atoms with Crippen LogP contribution < -0.4 is 11.3 Å². The van der Waals surface area contributed by atoms with Crippen molar-refractivity contribution in [1.29, 1.82) is 0 Å². The van der Waals surface area contributed by atoms with Crippen molar-refractivity contribution in [2.24, 2.45) is 17.7 Å². The van der Waals surface area contributed by atoms with Gasteiger partial charge in [-0.2, -0.15) is 0 Å². The van der Waals surface area contributed by atoms with Gasteiger partial charge in [0.05, 0.1) is 6.10 Å². The van der Waals surface area contributed by atoms with Crippen LogP contribution in [0.5, 0.6) is 0 Å². The van der Waals surface area contributed by atoms with Crippen molar-refractivity contribution >= 4 is 0 Å². The van der Waals surface area contributed by atoms with Gasteiger partial charge in [0.25, 0.3) is 0 Å². The lowest BCUT2D eigenvalue weighted by molar-refractivity contribution is 0.0743. The van der Waals surface area contributed by atoms with Crippen LogP contribution in [0.1, 0.15) is 51.9 Å². The van der Waals surface area contributed by atoms with Crippen molar-refractivity contribution < 1.29 is 4.74 Å². The van der Waals surface area contributed by atoms with Gasteiger partial charge in [0.1, 0.15) is 0 Å². The van der Waals surface area contributed by atoms with Gasteiger partial charge >= 0.3 is 0 Å². The minimum atomic E-state index is 0.433. The van der Waals surface area contributed by atoms with E-state index in [-0.39, 0.29) is 0 Å². The Kier molecular flexibility index (Phi) is 4.62. The van der Waals surface area contributed by atoms with E-state index in [9.17, 15) is 0 Å². The van der Waals surface area contributed by atoms with Crippen LogP contribution in [0.4, 0.5) is 0 Å². The molecule has 0 aromatic carbocycles. The maximum absolute atomic E-state index is 5.77. The van der Waals surface area contributed by atoms with Crippen LogP contribution in [-0.2, 0) is 4.74 Å². The summed E-state index contributed by atoms with van der Waals surface area (Å²) in [5.41, 5.74) is 3.06. The maximum atomic E-state index is 5.77. The van der Waals surface area contributed by atoms with Crippen molar-refractivity contribution in [2.75, 3.05) is 6.61 Å². The van der Waals surface area contributed by atoms with Crippen molar-refractivity contribution in [2.45, 2.75) is 64.0 Å². The van der Waals surface area contributed by atoms with E-state index >= 15 is 0 Å². The molecule has 1 saturated carbocycles. The molecule has 94 valence electrons. The fourth-order valence-electron chi connectivity index (χ4n) is 3.52. The topological polar surface area (TPSA) is 47.3 Å². The lowest BCUT2D eigenvalue weighted by Gasteiger charge is -2.28. The lowest BCUT2D eigenvalue weighted by atomic mass is 9.85. The van der Waals surface area contributed by atoms with E-state index < -0.39 is 0 Å². The predicted molar refractivity (Wildman–Crippen MR) is 65.8 cm³/mol. The summed E-state index contributed by atoms with van der Waals surface area (Å²) in [5, 5.41) is 0. The Morgan fingerprint density at radius 3 is 2.69 bits per heavy atom. The lowest BCUT2D eigenvalue weighted by Crippen LogP contribution is -2.44. The third-order valence-corrected chi connectivity index (χ3v) is 4.46. The number of nitrogens with two attached hydrogens (primary N) is 1. The molecule has 0 aromatic rings. The standard InChI is InChI=1S/C13H26N2O/c1-2-13-11(7-8-16-13)12(15-14)9-10-5-3-4-6-10/h10-13,15H,2-9,14H2,1H3. The highest BCUT2D eigenvalue weighted by Crippen LogP contribution is 2.34. The predicted octanol–water partition coefficient (Wildman–Crippen LogP) is 2.21. The summed E-state index contributed by atoms with van der Waals surface area (Å²) in [7, 11) is 0. The summed E-state index contributed by atoms with van der Waals surface area (Å²) in [4.78, 5) is 0. The van der Waals surface area contributed by atoms with Gasteiger partial charge in [-0.1, -0.05) is 32.6 Å². The van der Waals surface area contributed by atoms with Crippen molar-refractivity contribution in [3.05, 3.63) is 0 Å². The van der Waals surface area contributed by atoms with E-state index in [4.69, 9.17) is 10.6 Å². The quantitative estimate of drug-likeness (QED) is 0.558. The molecule has 0 radical (unpaired) electrons. The first kappa shape index (κ1) is 12.3. The molecule has 1 heterocycles. The van der Waals surface area contributed by atoms with Gasteiger partial charge in [-0.3, -0.25) is 11.3 Å². The second-order valence-electron chi connectivity index (χ2n) is 5.43. The molecule has 3 N–H and O–H groups in total. The Hall–Kier alpha value is -0.120. The number of hydrogen-bond donors (Lipinski definition) is 2. The van der Waals surface area contributed by atoms with Gasteiger partial charge in [0.15, 0.2) is 0 Å². The van der Waals surface area contributed by atoms with Crippen LogP contribution in [0.15, 0.2) is 0 Å². The first-order chi connectivity index (χ1) is 7.85. The van der Waals surface area contributed by atoms with E-state index in [1.807, 2.05) is 0 Å². The van der Waals surface area contributed by atoms with Gasteiger partial charge in [-0.25, -0.2) is 0 Å². The summed E-state index contributed by atoms with van der Waals surface area (Å²) in [5.74, 6) is 7.28. The van der Waals surface area contributed by atoms with E-state index in [1.54, 1.807) is 0 Å². The van der Waals surface area contributed by atoms with Crippen LogP contribution in [-0.4, -0.2) is 18.8 Å². The maximum Gasteiger partial charge on any atom is 0.0616 e. The largest absolute Gasteiger partial charge is 0.378 e. The number of ether oxygens (including phenoxy) is 1. The highest BCUT2D eigenvalue weighted by atomic mass is 16.5. The monoisotopic (exact) mass is 226 g/mol. The minimum absolute atomic E-state index is 0.433. The third-order valence-electron chi connectivity index (χ3n) is 4.46. The van der Waals surface area contributed by atoms with Crippen LogP contribution >= 0.6 is 0 Å². The summed E-state index contributed by atoms with van der Waals surface area (Å²) in [6.45, 7) is 3.14. The molecule has 3 heteroatoms. The zero-order valence-corrected chi connectivity index (χ0v) is 10.5. The van der Waals surface area contributed by atoms with Gasteiger partial charge in [-0.15, -0.1) is 0 Å². The molecule has 3 atom stereocenters. The molecule has 0 amide bonds. The van der Waals surface area contributed by atoms with Gasteiger partial charge in [0.2, 0.25) is 0 Å². The Bertz CT molecular complexity index is 204. The van der Waals surface area contributed by atoms with Gasteiger partial charge in [0, 0.05) is 18.6 Å². The minimum Gasteiger partial charge on any atom is -0.378 e. The molecule has 0 bridgehead atoms. The fourth-order valence-corrected chi connectivity index (χ4v) is 3.52. The Labute approximate surface area is 99.1 Å². The molecule has 0 spiro atoms. The number of hydrogen-bond acceptors (Lipinski definition) is 3. The van der Waals surface area contributed by atoms with Crippen LogP contribution in [0.2, 0.25) is 0 Å². The van der Waals surface area contributed by atoms with E-state index in [0.29, 0.717) is 18.1 Å². The molecule has 1 aliphatic carbocycles. The smallest absolute Gasteiger partial charge is 0.0616 e. The molecule has 0 aromatic heterocycles. The molecular weight excluding hydrogens is 200 g/mol. The van der Waals surface area contributed by atoms with Crippen LogP contribution in [0.3, 0.4) is 0 Å². The molecule has 3 unspecified atom stereocenters. The van der Waals surface area contributed by atoms with Gasteiger partial charge < -0.3 is 4.74 Å². The van der Waals surface area contributed by atoms with E-state index in [1.165, 1.54) is 38.5 Å². The highest BCUT2D eigenvalue weighted by molar-refractivity contribution is 4.87. The number of nitrogens with one attached hydrogen (secondary N) is 1. The van der Waals surface area contributed by atoms with Gasteiger partial charge in [-0.05, 0) is 25.2 Å². The average molecular weight is 226 g/mol. The number of hydrazine groups is 1. The molecule has 1 saturated heterocycles. The summed E-state index contributed by atoms with van der Waals surface area (Å²) < 4.78 is 5.77. The van der Waals surface area contributed by atoms with Crippen molar-refractivity contribution in [1.82, 2.24) is 5.43 Å². The SMILES string of the molecule is CCC1OCCC1C(CC1CCCC1)NN. The third kappa shape index (κ3) is 2.76. The molecule has 1 aliphatic heterocycles. The summed E-state index contributed by atoms with van der Waals surface area (Å²) in [6.07, 6.45) is 9.63. The molecule has 2 aliphatic rings. The van der Waals surface area contributed by atoms with Crippen LogP contribution in [0, 0.1) is 11.8 Å². The average Bonchev–Trinajstić information content (AvgIpc) is 2.96. The van der Waals surface area contributed by atoms with E-state index in [2.05, 4.69) is 12.3 Å². The Morgan fingerprint density at radius 1 is 1.31 bits per heavy atom. The molecule has 16 heavy (non-hydrogen) atoms. The first-order valence-corrected chi connectivity index (χ1v) is 6.92. The second-order valence-corrected chi connectivity index (χ2v) is 5.43. The fraction of sp³-hybridized carbons (Fsp3) is 1.00. The summed E-state index contributed by atoms with van der Waals surface area (Å²) >= 11 is 0. The first-order valence-electron chi connectivity index (χ1n) is 6.92. The second kappa shape index (κ2) is 5.99. The molecule has 2 rings (SSSR count). The van der Waals surface area contributed by atoms with Crippen molar-refractivity contribution in [3.8, 4) is 0 Å². The highest BCUT2D eigenvalue weighted by Gasteiger charge is 2.34. The zero-order valence-electron chi connectivity index (χ0n) is 10.5.